The first-order chi connectivity index (χ1) is 5.74. The van der Waals surface area contributed by atoms with Gasteiger partial charge in [0.2, 0.25) is 5.28 Å². The molecule has 0 spiro atoms. The van der Waals surface area contributed by atoms with Gasteiger partial charge in [0.05, 0.1) is 5.56 Å². The van der Waals surface area contributed by atoms with Gasteiger partial charge >= 0.3 is 0 Å². The van der Waals surface area contributed by atoms with Crippen LogP contribution in [0.1, 0.15) is 10.4 Å². The fourth-order valence-electron chi connectivity index (χ4n) is 0.430. The number of hydrogen-bond acceptors (Lipinski definition) is 4. The number of carbonyl (C=O) groups excluding carboxylic acids is 1. The van der Waals surface area contributed by atoms with E-state index >= 15 is 0 Å². The topological polar surface area (TPSA) is 63.1 Å². The predicted octanol–water partition coefficient (Wildman–Crippen LogP) is 1.20. The van der Waals surface area contributed by atoms with Crippen LogP contribution in [0.5, 0.6) is 0 Å². The van der Waals surface area contributed by atoms with Crippen LogP contribution < -0.4 is 0 Å². The molecule has 0 aliphatic rings. The highest BCUT2D eigenvalue weighted by molar-refractivity contribution is 6.33. The van der Waals surface area contributed by atoms with Gasteiger partial charge in [-0.1, -0.05) is 11.6 Å². The van der Waals surface area contributed by atoms with Gasteiger partial charge in [0.1, 0.15) is 5.15 Å². The van der Waals surface area contributed by atoms with Gasteiger partial charge in [-0.15, -0.1) is 0 Å². The van der Waals surface area contributed by atoms with Gasteiger partial charge in [-0.2, -0.15) is 0 Å². The van der Waals surface area contributed by atoms with Crippen LogP contribution in [0.15, 0.2) is 6.20 Å². The van der Waals surface area contributed by atoms with Crippen LogP contribution in [0.25, 0.3) is 0 Å². The van der Waals surface area contributed by atoms with Crippen LogP contribution in [-0.2, 0) is 0 Å². The fraction of sp³-hybridized carbons (Fsp3) is 0.167. The maximum atomic E-state index is 10.1. The number of aldehydes is 1. The van der Waals surface area contributed by atoms with E-state index in [1.165, 1.54) is 6.20 Å². The summed E-state index contributed by atoms with van der Waals surface area (Å²) in [6, 6.07) is 0. The van der Waals surface area contributed by atoms with Crippen LogP contribution in [-0.4, -0.2) is 28.5 Å². The van der Waals surface area contributed by atoms with E-state index in [0.29, 0.717) is 6.29 Å². The zero-order valence-electron chi connectivity index (χ0n) is 6.16. The molecule has 0 aliphatic heterocycles. The van der Waals surface area contributed by atoms with Crippen molar-refractivity contribution in [2.45, 2.75) is 0 Å². The first-order valence-electron chi connectivity index (χ1n) is 2.82. The Hall–Kier alpha value is -0.710. The Bertz CT molecular complexity index is 268. The number of aliphatic hydroxyl groups excluding tert-OH is 1. The molecule has 0 saturated heterocycles. The largest absolute Gasteiger partial charge is 0.400 e. The first-order valence-corrected chi connectivity index (χ1v) is 3.57. The number of aromatic nitrogens is 2. The minimum Gasteiger partial charge on any atom is -0.400 e. The van der Waals surface area contributed by atoms with Gasteiger partial charge in [0, 0.05) is 13.3 Å². The molecular formula is C6H6Cl2N2O2. The standard InChI is InChI=1S/C5H2Cl2N2O.CH4O/c6-4-3(2-10)1-8-5(7)9-4;1-2/h1-2H;2H,1H3. The van der Waals surface area contributed by atoms with Crippen molar-refractivity contribution in [2.75, 3.05) is 7.11 Å². The molecule has 1 rings (SSSR count). The average Bonchev–Trinajstić information content (AvgIpc) is 2.08. The SMILES string of the molecule is CO.O=Cc1cnc(Cl)nc1Cl. The monoisotopic (exact) mass is 208 g/mol. The second kappa shape index (κ2) is 5.88. The number of halogens is 2. The number of nitrogens with zero attached hydrogens (tertiary/aromatic N) is 2. The highest BCUT2D eigenvalue weighted by Crippen LogP contribution is 2.11. The maximum Gasteiger partial charge on any atom is 0.223 e. The molecule has 0 amide bonds. The van der Waals surface area contributed by atoms with Crippen molar-refractivity contribution in [1.82, 2.24) is 9.97 Å². The Morgan fingerprint density at radius 3 is 2.50 bits per heavy atom. The minimum atomic E-state index is 0.0376. The van der Waals surface area contributed by atoms with Gasteiger partial charge in [-0.3, -0.25) is 4.79 Å². The average molecular weight is 209 g/mol. The van der Waals surface area contributed by atoms with E-state index in [0.717, 1.165) is 7.11 Å². The van der Waals surface area contributed by atoms with Crippen LogP contribution in [0.2, 0.25) is 10.4 Å². The summed E-state index contributed by atoms with van der Waals surface area (Å²) in [7, 11) is 1.00. The summed E-state index contributed by atoms with van der Waals surface area (Å²) in [5, 5.41) is 7.12. The van der Waals surface area contributed by atoms with Gasteiger partial charge < -0.3 is 5.11 Å². The smallest absolute Gasteiger partial charge is 0.223 e. The normalized spacial score (nSPS) is 8.33. The molecule has 4 nitrogen and oxygen atoms in total. The molecule has 66 valence electrons. The maximum absolute atomic E-state index is 10.1. The van der Waals surface area contributed by atoms with Crippen molar-refractivity contribution in [1.29, 1.82) is 0 Å². The zero-order valence-corrected chi connectivity index (χ0v) is 7.67. The van der Waals surface area contributed by atoms with Gasteiger partial charge in [-0.05, 0) is 11.6 Å². The summed E-state index contributed by atoms with van der Waals surface area (Å²) in [4.78, 5) is 17.2. The van der Waals surface area contributed by atoms with Gasteiger partial charge in [-0.25, -0.2) is 9.97 Å². The highest BCUT2D eigenvalue weighted by Gasteiger charge is 2.00. The zero-order chi connectivity index (χ0) is 9.56. The first kappa shape index (κ1) is 11.3. The highest BCUT2D eigenvalue weighted by atomic mass is 35.5. The van der Waals surface area contributed by atoms with E-state index in [9.17, 15) is 4.79 Å². The number of hydrogen-bond donors (Lipinski definition) is 1. The number of aliphatic hydroxyl groups is 1. The quantitative estimate of drug-likeness (QED) is 0.428. The summed E-state index contributed by atoms with van der Waals surface area (Å²) in [5.41, 5.74) is 0.242. The van der Waals surface area contributed by atoms with Crippen LogP contribution in [0.3, 0.4) is 0 Å². The molecule has 1 aromatic rings. The van der Waals surface area contributed by atoms with Crippen molar-refractivity contribution in [3.05, 3.63) is 22.2 Å². The van der Waals surface area contributed by atoms with E-state index in [1.54, 1.807) is 0 Å². The summed E-state index contributed by atoms with van der Waals surface area (Å²) < 4.78 is 0. The van der Waals surface area contributed by atoms with E-state index in [4.69, 9.17) is 28.3 Å². The molecule has 0 radical (unpaired) electrons. The predicted molar refractivity (Wildman–Crippen MR) is 45.6 cm³/mol. The van der Waals surface area contributed by atoms with Crippen molar-refractivity contribution in [2.24, 2.45) is 0 Å². The number of rotatable bonds is 1. The van der Waals surface area contributed by atoms with E-state index in [-0.39, 0.29) is 16.0 Å². The van der Waals surface area contributed by atoms with Crippen molar-refractivity contribution < 1.29 is 9.90 Å². The van der Waals surface area contributed by atoms with Crippen LogP contribution in [0, 0.1) is 0 Å². The Kier molecular flexibility index (Phi) is 5.53. The third kappa shape index (κ3) is 3.13. The van der Waals surface area contributed by atoms with Crippen LogP contribution in [0.4, 0.5) is 0 Å². The molecular weight excluding hydrogens is 203 g/mol. The lowest BCUT2D eigenvalue weighted by Gasteiger charge is -1.91. The third-order valence-electron chi connectivity index (χ3n) is 0.866. The Morgan fingerprint density at radius 2 is 2.08 bits per heavy atom. The lowest BCUT2D eigenvalue weighted by atomic mass is 10.4. The molecule has 0 atom stereocenters. The lowest BCUT2D eigenvalue weighted by Crippen LogP contribution is -1.88. The van der Waals surface area contributed by atoms with E-state index < -0.39 is 0 Å². The molecule has 1 N–H and O–H groups in total. The number of carbonyl (C=O) groups is 1. The molecule has 1 aromatic heterocycles. The molecule has 0 aliphatic carbocycles. The molecule has 0 bridgehead atoms. The molecule has 0 saturated carbocycles. The lowest BCUT2D eigenvalue weighted by molar-refractivity contribution is 0.112. The van der Waals surface area contributed by atoms with Crippen molar-refractivity contribution in [3.8, 4) is 0 Å². The molecule has 0 aromatic carbocycles. The fourth-order valence-corrected chi connectivity index (χ4v) is 0.780. The Labute approximate surface area is 79.2 Å². The summed E-state index contributed by atoms with van der Waals surface area (Å²) >= 11 is 10.8. The second-order valence-electron chi connectivity index (χ2n) is 1.50. The molecule has 12 heavy (non-hydrogen) atoms. The third-order valence-corrected chi connectivity index (χ3v) is 1.35. The molecule has 1 heterocycles. The summed E-state index contributed by atoms with van der Waals surface area (Å²) in [6.45, 7) is 0. The Morgan fingerprint density at radius 1 is 1.50 bits per heavy atom. The molecule has 0 fully saturated rings. The van der Waals surface area contributed by atoms with Crippen molar-refractivity contribution >= 4 is 29.5 Å². The van der Waals surface area contributed by atoms with Crippen molar-refractivity contribution in [3.63, 3.8) is 0 Å². The van der Waals surface area contributed by atoms with Crippen LogP contribution >= 0.6 is 23.2 Å². The minimum absolute atomic E-state index is 0.0376. The molecule has 6 heteroatoms. The summed E-state index contributed by atoms with van der Waals surface area (Å²) in [5.74, 6) is 0. The van der Waals surface area contributed by atoms with E-state index in [2.05, 4.69) is 9.97 Å². The van der Waals surface area contributed by atoms with E-state index in [1.807, 2.05) is 0 Å². The summed E-state index contributed by atoms with van der Waals surface area (Å²) in [6.07, 6.45) is 1.84. The van der Waals surface area contributed by atoms with Gasteiger partial charge in [0.15, 0.2) is 6.29 Å². The second-order valence-corrected chi connectivity index (χ2v) is 2.20. The van der Waals surface area contributed by atoms with Gasteiger partial charge in [0.25, 0.3) is 0 Å². The molecule has 0 unspecified atom stereocenters. The Balaban J connectivity index is 0.000000561.